The first-order valence-electron chi connectivity index (χ1n) is 7.23. The number of hydrazone groups is 1. The van der Waals surface area contributed by atoms with E-state index >= 15 is 0 Å². The number of nitrogens with zero attached hydrogens (tertiary/aromatic N) is 4. The number of hydrogen-bond donors (Lipinski definition) is 0. The van der Waals surface area contributed by atoms with Gasteiger partial charge in [0, 0.05) is 37.5 Å². The van der Waals surface area contributed by atoms with Gasteiger partial charge in [-0.1, -0.05) is 0 Å². The fraction of sp³-hybridized carbons (Fsp3) is 0.533. The second-order valence-electron chi connectivity index (χ2n) is 5.96. The third-order valence-corrected chi connectivity index (χ3v) is 3.88. The van der Waals surface area contributed by atoms with Gasteiger partial charge in [-0.25, -0.2) is 5.01 Å². The molecule has 0 atom stereocenters. The molecule has 1 aromatic rings. The zero-order chi connectivity index (χ0) is 14.9. The number of carbonyl (C=O) groups is 1. The Labute approximate surface area is 124 Å². The number of rotatable bonds is 1. The average Bonchev–Trinajstić information content (AvgIpc) is 2.84. The van der Waals surface area contributed by atoms with E-state index in [2.05, 4.69) is 15.0 Å². The van der Waals surface area contributed by atoms with E-state index in [1.54, 1.807) is 29.5 Å². The Bertz CT molecular complexity index is 550. The third kappa shape index (κ3) is 2.76. The second-order valence-corrected chi connectivity index (χ2v) is 5.96. The predicted octanol–water partition coefficient (Wildman–Crippen LogP) is 1.35. The summed E-state index contributed by atoms with van der Waals surface area (Å²) >= 11 is 0. The molecule has 6 nitrogen and oxygen atoms in total. The summed E-state index contributed by atoms with van der Waals surface area (Å²) in [6, 6.07) is 3.45. The first kappa shape index (κ1) is 14.0. The third-order valence-electron chi connectivity index (χ3n) is 3.88. The van der Waals surface area contributed by atoms with E-state index in [1.165, 1.54) is 0 Å². The summed E-state index contributed by atoms with van der Waals surface area (Å²) in [5.41, 5.74) is 0.304. The summed E-state index contributed by atoms with van der Waals surface area (Å²) in [6.45, 7) is 7.21. The van der Waals surface area contributed by atoms with Crippen molar-refractivity contribution in [1.82, 2.24) is 14.9 Å². The summed E-state index contributed by atoms with van der Waals surface area (Å²) in [5, 5.41) is 6.20. The lowest BCUT2D eigenvalue weighted by Gasteiger charge is -2.29. The van der Waals surface area contributed by atoms with Crippen molar-refractivity contribution in [3.63, 3.8) is 0 Å². The summed E-state index contributed by atoms with van der Waals surface area (Å²) in [4.78, 5) is 18.8. The Hall–Kier alpha value is -1.95. The molecule has 2 aliphatic heterocycles. The molecular formula is C15H20N4O2. The Morgan fingerprint density at radius 1 is 1.24 bits per heavy atom. The highest BCUT2D eigenvalue weighted by molar-refractivity contribution is 5.97. The predicted molar refractivity (Wildman–Crippen MR) is 78.9 cm³/mol. The molecule has 0 bridgehead atoms. The fourth-order valence-corrected chi connectivity index (χ4v) is 2.68. The van der Waals surface area contributed by atoms with Crippen LogP contribution in [0.2, 0.25) is 0 Å². The number of morpholine rings is 1. The molecular weight excluding hydrogens is 268 g/mol. The number of aromatic nitrogens is 1. The molecule has 3 heterocycles. The van der Waals surface area contributed by atoms with Crippen LogP contribution in [0.5, 0.6) is 0 Å². The van der Waals surface area contributed by atoms with Crippen molar-refractivity contribution < 1.29 is 9.53 Å². The zero-order valence-electron chi connectivity index (χ0n) is 12.5. The standard InChI is InChI=1S/C15H20N4O2/c1-15(2)11-13(18-7-9-21-10-8-18)17-19(15)14(20)12-3-5-16-6-4-12/h3-6H,7-11H2,1-2H3. The van der Waals surface area contributed by atoms with Gasteiger partial charge in [0.05, 0.1) is 18.8 Å². The van der Waals surface area contributed by atoms with Gasteiger partial charge in [0.15, 0.2) is 0 Å². The summed E-state index contributed by atoms with van der Waals surface area (Å²) in [7, 11) is 0. The summed E-state index contributed by atoms with van der Waals surface area (Å²) < 4.78 is 5.37. The molecule has 2 aliphatic rings. The molecule has 21 heavy (non-hydrogen) atoms. The van der Waals surface area contributed by atoms with Gasteiger partial charge < -0.3 is 9.64 Å². The number of hydrogen-bond acceptors (Lipinski definition) is 5. The van der Waals surface area contributed by atoms with Crippen LogP contribution in [0.15, 0.2) is 29.6 Å². The van der Waals surface area contributed by atoms with E-state index in [0.717, 1.165) is 38.6 Å². The molecule has 1 saturated heterocycles. The molecule has 1 aromatic heterocycles. The molecule has 1 fully saturated rings. The van der Waals surface area contributed by atoms with Crippen LogP contribution < -0.4 is 0 Å². The lowest BCUT2D eigenvalue weighted by Crippen LogP contribution is -2.42. The number of amidine groups is 1. The van der Waals surface area contributed by atoms with Crippen LogP contribution in [-0.2, 0) is 4.74 Å². The summed E-state index contributed by atoms with van der Waals surface area (Å²) in [5.74, 6) is 0.899. The van der Waals surface area contributed by atoms with Gasteiger partial charge in [-0.2, -0.15) is 5.10 Å². The number of ether oxygens (including phenoxy) is 1. The molecule has 0 N–H and O–H groups in total. The average molecular weight is 288 g/mol. The summed E-state index contributed by atoms with van der Waals surface area (Å²) in [6.07, 6.45) is 4.02. The topological polar surface area (TPSA) is 58.0 Å². The van der Waals surface area contributed by atoms with Gasteiger partial charge in [-0.05, 0) is 26.0 Å². The molecule has 1 amide bonds. The molecule has 0 spiro atoms. The van der Waals surface area contributed by atoms with Gasteiger partial charge in [0.25, 0.3) is 5.91 Å². The maximum absolute atomic E-state index is 12.6. The van der Waals surface area contributed by atoms with Crippen molar-refractivity contribution in [3.05, 3.63) is 30.1 Å². The highest BCUT2D eigenvalue weighted by atomic mass is 16.5. The maximum atomic E-state index is 12.6. The minimum atomic E-state index is -0.312. The van der Waals surface area contributed by atoms with E-state index in [1.807, 2.05) is 13.8 Å². The molecule has 0 radical (unpaired) electrons. The highest BCUT2D eigenvalue weighted by Gasteiger charge is 2.40. The molecule has 0 aliphatic carbocycles. The van der Waals surface area contributed by atoms with E-state index < -0.39 is 0 Å². The van der Waals surface area contributed by atoms with Gasteiger partial charge >= 0.3 is 0 Å². The van der Waals surface area contributed by atoms with Crippen molar-refractivity contribution in [2.75, 3.05) is 26.3 Å². The van der Waals surface area contributed by atoms with Crippen LogP contribution in [0.3, 0.4) is 0 Å². The Morgan fingerprint density at radius 2 is 1.90 bits per heavy atom. The van der Waals surface area contributed by atoms with Crippen molar-refractivity contribution in [2.45, 2.75) is 25.8 Å². The number of carbonyl (C=O) groups excluding carboxylic acids is 1. The molecule has 112 valence electrons. The second kappa shape index (κ2) is 5.44. The normalized spacial score (nSPS) is 21.3. The molecule has 0 unspecified atom stereocenters. The Kier molecular flexibility index (Phi) is 3.63. The SMILES string of the molecule is CC1(C)CC(N2CCOCC2)=NN1C(=O)c1ccncc1. The first-order chi connectivity index (χ1) is 10.1. The van der Waals surface area contributed by atoms with Crippen LogP contribution in [0.25, 0.3) is 0 Å². The lowest BCUT2D eigenvalue weighted by atomic mass is 9.99. The molecule has 0 saturated carbocycles. The quantitative estimate of drug-likeness (QED) is 0.783. The molecule has 3 rings (SSSR count). The van der Waals surface area contributed by atoms with Crippen LogP contribution in [0.4, 0.5) is 0 Å². The van der Waals surface area contributed by atoms with Crippen LogP contribution >= 0.6 is 0 Å². The number of amides is 1. The van der Waals surface area contributed by atoms with Gasteiger partial charge in [-0.15, -0.1) is 0 Å². The van der Waals surface area contributed by atoms with Crippen molar-refractivity contribution in [1.29, 1.82) is 0 Å². The lowest BCUT2D eigenvalue weighted by molar-refractivity contribution is 0.0612. The van der Waals surface area contributed by atoms with E-state index in [9.17, 15) is 4.79 Å². The van der Waals surface area contributed by atoms with E-state index in [4.69, 9.17) is 4.74 Å². The Morgan fingerprint density at radius 3 is 2.57 bits per heavy atom. The molecule has 6 heteroatoms. The van der Waals surface area contributed by atoms with Crippen molar-refractivity contribution in [2.24, 2.45) is 5.10 Å². The van der Waals surface area contributed by atoms with Gasteiger partial charge in [0.1, 0.15) is 5.84 Å². The van der Waals surface area contributed by atoms with Crippen LogP contribution in [-0.4, -0.2) is 58.5 Å². The van der Waals surface area contributed by atoms with Crippen molar-refractivity contribution >= 4 is 11.7 Å². The van der Waals surface area contributed by atoms with Crippen LogP contribution in [0.1, 0.15) is 30.6 Å². The van der Waals surface area contributed by atoms with E-state index in [0.29, 0.717) is 5.56 Å². The van der Waals surface area contributed by atoms with Crippen molar-refractivity contribution in [3.8, 4) is 0 Å². The maximum Gasteiger partial charge on any atom is 0.274 e. The smallest absolute Gasteiger partial charge is 0.274 e. The first-order valence-corrected chi connectivity index (χ1v) is 7.23. The van der Waals surface area contributed by atoms with Gasteiger partial charge in [0.2, 0.25) is 0 Å². The largest absolute Gasteiger partial charge is 0.378 e. The Balaban J connectivity index is 1.83. The van der Waals surface area contributed by atoms with Gasteiger partial charge in [-0.3, -0.25) is 9.78 Å². The fourth-order valence-electron chi connectivity index (χ4n) is 2.68. The van der Waals surface area contributed by atoms with Crippen LogP contribution in [0, 0.1) is 0 Å². The monoisotopic (exact) mass is 288 g/mol. The highest BCUT2D eigenvalue weighted by Crippen LogP contribution is 2.29. The van der Waals surface area contributed by atoms with E-state index in [-0.39, 0.29) is 11.4 Å². The minimum absolute atomic E-state index is 0.0781. The zero-order valence-corrected chi connectivity index (χ0v) is 12.5. The molecule has 0 aromatic carbocycles. The minimum Gasteiger partial charge on any atom is -0.378 e. The number of pyridine rings is 1.